The van der Waals surface area contributed by atoms with Crippen molar-refractivity contribution in [3.63, 3.8) is 0 Å². The molecule has 0 radical (unpaired) electrons. The predicted octanol–water partition coefficient (Wildman–Crippen LogP) is 5.94. The summed E-state index contributed by atoms with van der Waals surface area (Å²) in [4.78, 5) is 0. The van der Waals surface area contributed by atoms with Crippen LogP contribution in [-0.2, 0) is 17.5 Å². The minimum Gasteiger partial charge on any atom is -0.374 e. The molecule has 1 aromatic carbocycles. The fourth-order valence-electron chi connectivity index (χ4n) is 3.08. The first kappa shape index (κ1) is 19.5. The molecule has 0 saturated heterocycles. The van der Waals surface area contributed by atoms with Crippen molar-refractivity contribution in [3.8, 4) is 6.07 Å². The average molecular weight is 355 g/mol. The Morgan fingerprint density at radius 3 is 2.36 bits per heavy atom. The lowest BCUT2D eigenvalue weighted by Crippen LogP contribution is -2.21. The maximum absolute atomic E-state index is 12.7. The van der Waals surface area contributed by atoms with Gasteiger partial charge in [-0.3, -0.25) is 0 Å². The van der Waals surface area contributed by atoms with Crippen molar-refractivity contribution in [1.29, 1.82) is 5.26 Å². The molecule has 1 aliphatic carbocycles. The Morgan fingerprint density at radius 1 is 1.16 bits per heavy atom. The molecule has 1 aliphatic rings. The summed E-state index contributed by atoms with van der Waals surface area (Å²) < 4.78 is 56.1. The largest absolute Gasteiger partial charge is 0.416 e. The Balaban J connectivity index is 1.69. The summed E-state index contributed by atoms with van der Waals surface area (Å²) in [5.41, 5.74) is 0.0749. The van der Waals surface area contributed by atoms with E-state index >= 15 is 0 Å². The number of nitrogens with zero attached hydrogens (tertiary/aromatic N) is 1. The predicted molar refractivity (Wildman–Crippen MR) is 86.0 cm³/mol. The molecule has 0 spiro atoms. The molecule has 0 bridgehead atoms. The Labute approximate surface area is 145 Å². The number of ether oxygens (including phenoxy) is 1. The summed E-state index contributed by atoms with van der Waals surface area (Å²) in [5, 5.41) is 8.35. The molecule has 0 atom stereocenters. The molecule has 2 nitrogen and oxygen atoms in total. The van der Waals surface area contributed by atoms with E-state index in [9.17, 15) is 17.6 Å². The molecular formula is C19H21F4NO. The molecule has 0 heterocycles. The standard InChI is InChI=1S/C19H21F4NO/c20-17(12-24)3-1-2-14-6-10-18(11-7-14)25-13-15-4-8-16(9-5-15)19(21,22)23/h3-5,8-9,14,18H,1-2,6-7,10-11,13H2. The van der Waals surface area contributed by atoms with Crippen molar-refractivity contribution in [3.05, 3.63) is 47.3 Å². The maximum atomic E-state index is 12.7. The van der Waals surface area contributed by atoms with Gasteiger partial charge in [-0.05, 0) is 68.2 Å². The molecule has 25 heavy (non-hydrogen) atoms. The van der Waals surface area contributed by atoms with Crippen LogP contribution in [0.25, 0.3) is 0 Å². The molecule has 0 aliphatic heterocycles. The second kappa shape index (κ2) is 9.00. The molecule has 1 saturated carbocycles. The van der Waals surface area contributed by atoms with Gasteiger partial charge in [0.05, 0.1) is 18.3 Å². The minimum atomic E-state index is -4.32. The Kier molecular flexibility index (Phi) is 7.01. The van der Waals surface area contributed by atoms with E-state index in [0.717, 1.165) is 49.8 Å². The van der Waals surface area contributed by atoms with Gasteiger partial charge >= 0.3 is 6.18 Å². The zero-order chi connectivity index (χ0) is 18.3. The summed E-state index contributed by atoms with van der Waals surface area (Å²) in [5.74, 6) is -0.220. The van der Waals surface area contributed by atoms with Gasteiger partial charge in [-0.2, -0.15) is 22.8 Å². The van der Waals surface area contributed by atoms with Crippen LogP contribution < -0.4 is 0 Å². The van der Waals surface area contributed by atoms with Crippen LogP contribution >= 0.6 is 0 Å². The van der Waals surface area contributed by atoms with E-state index < -0.39 is 17.6 Å². The SMILES string of the molecule is N#CC(F)=CCCC1CCC(OCc2ccc(C(F)(F)F)cc2)CC1. The fraction of sp³-hybridized carbons (Fsp3) is 0.526. The Hall–Kier alpha value is -1.87. The van der Waals surface area contributed by atoms with Gasteiger partial charge < -0.3 is 4.74 Å². The highest BCUT2D eigenvalue weighted by Crippen LogP contribution is 2.31. The first-order valence-corrected chi connectivity index (χ1v) is 8.42. The summed E-state index contributed by atoms with van der Waals surface area (Å²) >= 11 is 0. The van der Waals surface area contributed by atoms with Crippen LogP contribution in [0.5, 0.6) is 0 Å². The zero-order valence-corrected chi connectivity index (χ0v) is 13.9. The van der Waals surface area contributed by atoms with Crippen molar-refractivity contribution < 1.29 is 22.3 Å². The number of hydrogen-bond acceptors (Lipinski definition) is 2. The van der Waals surface area contributed by atoms with Crippen molar-refractivity contribution in [2.75, 3.05) is 0 Å². The summed E-state index contributed by atoms with van der Waals surface area (Å²) in [6, 6.07) is 6.51. The third-order valence-electron chi connectivity index (χ3n) is 4.57. The minimum absolute atomic E-state index is 0.116. The van der Waals surface area contributed by atoms with Crippen molar-refractivity contribution in [2.24, 2.45) is 5.92 Å². The molecular weight excluding hydrogens is 334 g/mol. The average Bonchev–Trinajstić information content (AvgIpc) is 2.60. The second-order valence-corrected chi connectivity index (χ2v) is 6.39. The number of alkyl halides is 3. The summed E-state index contributed by atoms with van der Waals surface area (Å²) in [6.07, 6.45) is 2.33. The molecule has 2 rings (SSSR count). The molecule has 0 unspecified atom stereocenters. The third-order valence-corrected chi connectivity index (χ3v) is 4.57. The lowest BCUT2D eigenvalue weighted by molar-refractivity contribution is -0.137. The summed E-state index contributed by atoms with van der Waals surface area (Å²) in [6.45, 7) is 0.309. The van der Waals surface area contributed by atoms with Crippen LogP contribution in [0.2, 0.25) is 0 Å². The normalized spacial score (nSPS) is 21.8. The van der Waals surface area contributed by atoms with Gasteiger partial charge in [-0.1, -0.05) is 12.1 Å². The highest BCUT2D eigenvalue weighted by atomic mass is 19.4. The third kappa shape index (κ3) is 6.50. The van der Waals surface area contributed by atoms with Crippen molar-refractivity contribution >= 4 is 0 Å². The van der Waals surface area contributed by atoms with E-state index in [-0.39, 0.29) is 6.10 Å². The first-order valence-electron chi connectivity index (χ1n) is 8.42. The maximum Gasteiger partial charge on any atom is 0.416 e. The molecule has 0 aromatic heterocycles. The van der Waals surface area contributed by atoms with Crippen LogP contribution in [0.4, 0.5) is 17.6 Å². The van der Waals surface area contributed by atoms with E-state index in [4.69, 9.17) is 10.00 Å². The highest BCUT2D eigenvalue weighted by Gasteiger charge is 2.30. The van der Waals surface area contributed by atoms with Gasteiger partial charge in [-0.15, -0.1) is 0 Å². The van der Waals surface area contributed by atoms with Crippen LogP contribution in [0.1, 0.15) is 49.7 Å². The van der Waals surface area contributed by atoms with Gasteiger partial charge in [-0.25, -0.2) is 0 Å². The van der Waals surface area contributed by atoms with Crippen LogP contribution in [-0.4, -0.2) is 6.10 Å². The van der Waals surface area contributed by atoms with Gasteiger partial charge in [0.25, 0.3) is 0 Å². The number of rotatable bonds is 6. The van der Waals surface area contributed by atoms with Crippen molar-refractivity contribution in [1.82, 2.24) is 0 Å². The first-order chi connectivity index (χ1) is 11.9. The topological polar surface area (TPSA) is 33.0 Å². The van der Waals surface area contributed by atoms with Crippen LogP contribution in [0.3, 0.4) is 0 Å². The highest BCUT2D eigenvalue weighted by molar-refractivity contribution is 5.24. The lowest BCUT2D eigenvalue weighted by atomic mass is 9.84. The fourth-order valence-corrected chi connectivity index (χ4v) is 3.08. The second-order valence-electron chi connectivity index (χ2n) is 6.39. The van der Waals surface area contributed by atoms with E-state index in [2.05, 4.69) is 0 Å². The molecule has 0 amide bonds. The van der Waals surface area contributed by atoms with E-state index in [1.165, 1.54) is 24.3 Å². The molecule has 1 fully saturated rings. The van der Waals surface area contributed by atoms with Crippen LogP contribution in [0.15, 0.2) is 36.2 Å². The molecule has 1 aromatic rings. The van der Waals surface area contributed by atoms with Gasteiger partial charge in [0, 0.05) is 0 Å². The monoisotopic (exact) mass is 355 g/mol. The Morgan fingerprint density at radius 2 is 1.80 bits per heavy atom. The van der Waals surface area contributed by atoms with Crippen LogP contribution in [0, 0.1) is 17.2 Å². The number of halogens is 4. The quantitative estimate of drug-likeness (QED) is 0.467. The number of nitriles is 1. The van der Waals surface area contributed by atoms with Gasteiger partial charge in [0.15, 0.2) is 5.83 Å². The van der Waals surface area contributed by atoms with E-state index in [0.29, 0.717) is 18.9 Å². The smallest absolute Gasteiger partial charge is 0.374 e. The van der Waals surface area contributed by atoms with Gasteiger partial charge in [0.2, 0.25) is 0 Å². The molecule has 136 valence electrons. The van der Waals surface area contributed by atoms with Gasteiger partial charge in [0.1, 0.15) is 6.07 Å². The van der Waals surface area contributed by atoms with Crippen molar-refractivity contribution in [2.45, 2.75) is 57.4 Å². The zero-order valence-electron chi connectivity index (χ0n) is 13.9. The summed E-state index contributed by atoms with van der Waals surface area (Å²) in [7, 11) is 0. The van der Waals surface area contributed by atoms with E-state index in [1.54, 1.807) is 0 Å². The Bertz CT molecular complexity index is 608. The molecule has 6 heteroatoms. The molecule has 0 N–H and O–H groups in total. The number of hydrogen-bond donors (Lipinski definition) is 0. The number of benzene rings is 1. The lowest BCUT2D eigenvalue weighted by Gasteiger charge is -2.28. The number of allylic oxidation sites excluding steroid dienone is 2. The van der Waals surface area contributed by atoms with E-state index in [1.807, 2.05) is 0 Å².